The molecule has 1 aromatic carbocycles. The van der Waals surface area contributed by atoms with Crippen LogP contribution in [0.5, 0.6) is 0 Å². The van der Waals surface area contributed by atoms with Gasteiger partial charge < -0.3 is 9.73 Å². The van der Waals surface area contributed by atoms with Gasteiger partial charge in [0.2, 0.25) is 5.89 Å². The molecule has 0 spiro atoms. The van der Waals surface area contributed by atoms with Gasteiger partial charge in [0.05, 0.1) is 17.6 Å². The smallest absolute Gasteiger partial charge is 0.268 e. The monoisotopic (exact) mass is 323 g/mol. The molecular weight excluding hydrogens is 302 g/mol. The first kappa shape index (κ1) is 14.7. The minimum absolute atomic E-state index is 0. The Balaban J connectivity index is 0.00000121. The molecule has 0 saturated carbocycles. The zero-order valence-corrected chi connectivity index (χ0v) is 13.4. The van der Waals surface area contributed by atoms with E-state index in [4.69, 9.17) is 9.40 Å². The normalized spacial score (nSPS) is 14.5. The summed E-state index contributed by atoms with van der Waals surface area (Å²) in [7, 11) is 0. The van der Waals surface area contributed by atoms with Crippen molar-refractivity contribution in [3.63, 3.8) is 0 Å². The SMILES string of the molecule is Cc1ncc(C2=CCNCC2)nc1-c1nnc(-c2ccccc2)o1.[HH].[HH]. The largest absolute Gasteiger partial charge is 0.415 e. The highest BCUT2D eigenvalue weighted by Crippen LogP contribution is 2.26. The Kier molecular flexibility index (Phi) is 3.88. The van der Waals surface area contributed by atoms with Crippen molar-refractivity contribution in [2.45, 2.75) is 13.3 Å². The first-order chi connectivity index (χ1) is 11.8. The molecule has 4 rings (SSSR count). The van der Waals surface area contributed by atoms with E-state index in [2.05, 4.69) is 26.6 Å². The van der Waals surface area contributed by atoms with Crippen LogP contribution >= 0.6 is 0 Å². The third-order valence-corrected chi connectivity index (χ3v) is 4.00. The van der Waals surface area contributed by atoms with Crippen molar-refractivity contribution in [3.05, 3.63) is 54.0 Å². The van der Waals surface area contributed by atoms with Gasteiger partial charge in [-0.3, -0.25) is 4.98 Å². The molecule has 1 N–H and O–H groups in total. The van der Waals surface area contributed by atoms with E-state index in [0.29, 0.717) is 17.5 Å². The van der Waals surface area contributed by atoms with Gasteiger partial charge in [-0.1, -0.05) is 24.3 Å². The zero-order chi connectivity index (χ0) is 16.4. The number of nitrogens with zero attached hydrogens (tertiary/aromatic N) is 4. The van der Waals surface area contributed by atoms with E-state index < -0.39 is 0 Å². The summed E-state index contributed by atoms with van der Waals surface area (Å²) in [6.07, 6.45) is 4.90. The fraction of sp³-hybridized carbons (Fsp3) is 0.222. The minimum atomic E-state index is 0. The number of nitrogens with one attached hydrogen (secondary N) is 1. The van der Waals surface area contributed by atoms with E-state index in [1.54, 1.807) is 0 Å². The van der Waals surface area contributed by atoms with E-state index in [0.717, 1.165) is 36.5 Å². The summed E-state index contributed by atoms with van der Waals surface area (Å²) in [4.78, 5) is 9.18. The topological polar surface area (TPSA) is 76.7 Å². The van der Waals surface area contributed by atoms with Crippen LogP contribution in [0.15, 0.2) is 47.0 Å². The van der Waals surface area contributed by atoms with Crippen molar-refractivity contribution in [1.82, 2.24) is 25.5 Å². The molecule has 6 nitrogen and oxygen atoms in total. The third-order valence-electron chi connectivity index (χ3n) is 4.00. The van der Waals surface area contributed by atoms with Crippen molar-refractivity contribution in [2.24, 2.45) is 0 Å². The summed E-state index contributed by atoms with van der Waals surface area (Å²) in [5.74, 6) is 0.883. The summed E-state index contributed by atoms with van der Waals surface area (Å²) >= 11 is 0. The standard InChI is InChI=1S/C18H17N5O.2H2/c1-12-16(21-15(11-20-12)13-7-9-19-10-8-13)18-23-22-17(24-18)14-5-3-2-4-6-14;;/h2-7,11,19H,8-10H2,1H3;2*1H. The van der Waals surface area contributed by atoms with Crippen LogP contribution in [0.3, 0.4) is 0 Å². The molecule has 6 heteroatoms. The number of rotatable bonds is 3. The van der Waals surface area contributed by atoms with Gasteiger partial charge in [-0.15, -0.1) is 10.2 Å². The van der Waals surface area contributed by atoms with Crippen LogP contribution in [0, 0.1) is 6.92 Å². The Morgan fingerprint density at radius 2 is 1.96 bits per heavy atom. The molecule has 3 aromatic rings. The fourth-order valence-electron chi connectivity index (χ4n) is 2.68. The molecule has 3 heterocycles. The molecule has 0 atom stereocenters. The summed E-state index contributed by atoms with van der Waals surface area (Å²) in [6, 6.07) is 9.70. The molecule has 0 unspecified atom stereocenters. The number of aromatic nitrogens is 4. The van der Waals surface area contributed by atoms with Gasteiger partial charge in [0.1, 0.15) is 5.69 Å². The maximum absolute atomic E-state index is 5.82. The lowest BCUT2D eigenvalue weighted by Crippen LogP contribution is -2.20. The van der Waals surface area contributed by atoms with Crippen molar-refractivity contribution >= 4 is 5.57 Å². The molecule has 0 amide bonds. The fourth-order valence-corrected chi connectivity index (χ4v) is 2.68. The second-order valence-electron chi connectivity index (χ2n) is 5.65. The second kappa shape index (κ2) is 6.33. The van der Waals surface area contributed by atoms with Gasteiger partial charge in [-0.2, -0.15) is 0 Å². The van der Waals surface area contributed by atoms with Crippen molar-refractivity contribution < 1.29 is 7.27 Å². The Morgan fingerprint density at radius 3 is 2.75 bits per heavy atom. The van der Waals surface area contributed by atoms with Crippen LogP contribution in [-0.2, 0) is 0 Å². The predicted molar refractivity (Wildman–Crippen MR) is 95.2 cm³/mol. The van der Waals surface area contributed by atoms with Crippen LogP contribution < -0.4 is 5.32 Å². The molecule has 24 heavy (non-hydrogen) atoms. The molecule has 0 fully saturated rings. The Morgan fingerprint density at radius 1 is 1.12 bits per heavy atom. The van der Waals surface area contributed by atoms with E-state index in [1.165, 1.54) is 5.57 Å². The van der Waals surface area contributed by atoms with Crippen molar-refractivity contribution in [1.29, 1.82) is 0 Å². The molecule has 2 aromatic heterocycles. The lowest BCUT2D eigenvalue weighted by molar-refractivity contribution is 0.581. The lowest BCUT2D eigenvalue weighted by atomic mass is 10.1. The Labute approximate surface area is 142 Å². The van der Waals surface area contributed by atoms with Crippen LogP contribution in [0.25, 0.3) is 28.6 Å². The quantitative estimate of drug-likeness (QED) is 0.796. The van der Waals surface area contributed by atoms with Crippen LogP contribution in [0.2, 0.25) is 0 Å². The summed E-state index contributed by atoms with van der Waals surface area (Å²) in [5.41, 5.74) is 4.37. The van der Waals surface area contributed by atoms with E-state index in [1.807, 2.05) is 43.5 Å². The van der Waals surface area contributed by atoms with Crippen molar-refractivity contribution in [2.75, 3.05) is 13.1 Å². The molecule has 124 valence electrons. The van der Waals surface area contributed by atoms with Crippen LogP contribution in [-0.4, -0.2) is 33.3 Å². The van der Waals surface area contributed by atoms with Gasteiger partial charge in [-0.05, 0) is 37.6 Å². The highest BCUT2D eigenvalue weighted by molar-refractivity contribution is 5.65. The molecule has 1 aliphatic rings. The van der Waals surface area contributed by atoms with E-state index >= 15 is 0 Å². The summed E-state index contributed by atoms with van der Waals surface area (Å²) in [5, 5.41) is 11.6. The van der Waals surface area contributed by atoms with Crippen LogP contribution in [0.4, 0.5) is 0 Å². The third kappa shape index (κ3) is 2.83. The number of hydrogen-bond donors (Lipinski definition) is 1. The van der Waals surface area contributed by atoms with Gasteiger partial charge in [0.25, 0.3) is 5.89 Å². The lowest BCUT2D eigenvalue weighted by Gasteiger charge is -2.13. The average Bonchev–Trinajstić information content (AvgIpc) is 3.13. The average molecular weight is 323 g/mol. The van der Waals surface area contributed by atoms with E-state index in [9.17, 15) is 0 Å². The minimum Gasteiger partial charge on any atom is -0.415 e. The van der Waals surface area contributed by atoms with Gasteiger partial charge in [0, 0.05) is 15.0 Å². The van der Waals surface area contributed by atoms with Gasteiger partial charge in [0.15, 0.2) is 0 Å². The number of aryl methyl sites for hydroxylation is 1. The molecule has 0 radical (unpaired) electrons. The predicted octanol–water partition coefficient (Wildman–Crippen LogP) is 3.37. The summed E-state index contributed by atoms with van der Waals surface area (Å²) in [6.45, 7) is 3.71. The van der Waals surface area contributed by atoms with Gasteiger partial charge in [-0.25, -0.2) is 4.98 Å². The summed E-state index contributed by atoms with van der Waals surface area (Å²) < 4.78 is 5.82. The zero-order valence-electron chi connectivity index (χ0n) is 13.4. The van der Waals surface area contributed by atoms with E-state index in [-0.39, 0.29) is 2.85 Å². The first-order valence-electron chi connectivity index (χ1n) is 7.94. The van der Waals surface area contributed by atoms with Gasteiger partial charge >= 0.3 is 0 Å². The first-order valence-corrected chi connectivity index (χ1v) is 7.94. The number of benzene rings is 1. The molecule has 1 aliphatic heterocycles. The molecular formula is C18H21N5O. The maximum Gasteiger partial charge on any atom is 0.268 e. The second-order valence-corrected chi connectivity index (χ2v) is 5.65. The van der Waals surface area contributed by atoms with Crippen molar-refractivity contribution in [3.8, 4) is 23.0 Å². The molecule has 0 bridgehead atoms. The molecule has 0 saturated heterocycles. The highest BCUT2D eigenvalue weighted by Gasteiger charge is 2.17. The number of hydrogen-bond acceptors (Lipinski definition) is 6. The highest BCUT2D eigenvalue weighted by atomic mass is 16.4. The Bertz CT molecular complexity index is 896. The van der Waals surface area contributed by atoms with Crippen LogP contribution in [0.1, 0.15) is 20.7 Å². The maximum atomic E-state index is 5.82. The Hall–Kier alpha value is -2.86. The molecule has 0 aliphatic carbocycles.